The molecule has 0 bridgehead atoms. The molecule has 0 aromatic carbocycles. The molecule has 1 aromatic heterocycles. The van der Waals surface area contributed by atoms with Crippen molar-refractivity contribution in [1.29, 1.82) is 0 Å². The molecule has 1 aliphatic carbocycles. The molecular weight excluding hydrogens is 290 g/mol. The van der Waals surface area contributed by atoms with Crippen LogP contribution in [0.3, 0.4) is 0 Å². The van der Waals surface area contributed by atoms with E-state index in [4.69, 9.17) is 5.11 Å². The van der Waals surface area contributed by atoms with Gasteiger partial charge in [0.15, 0.2) is 5.13 Å². The molecule has 2 aliphatic rings. The third-order valence-electron chi connectivity index (χ3n) is 4.26. The average Bonchev–Trinajstić information content (AvgIpc) is 3.13. The molecule has 3 rings (SSSR count). The minimum atomic E-state index is -0.981. The monoisotopic (exact) mass is 309 g/mol. The summed E-state index contributed by atoms with van der Waals surface area (Å²) >= 11 is 1.08. The molecule has 1 saturated carbocycles. The van der Waals surface area contributed by atoms with Crippen molar-refractivity contribution in [3.8, 4) is 0 Å². The van der Waals surface area contributed by atoms with Gasteiger partial charge in [-0.05, 0) is 25.7 Å². The Labute approximate surface area is 127 Å². The summed E-state index contributed by atoms with van der Waals surface area (Å²) in [6.45, 7) is 3.79. The van der Waals surface area contributed by atoms with E-state index in [1.54, 1.807) is 11.8 Å². The van der Waals surface area contributed by atoms with E-state index in [1.165, 1.54) is 25.7 Å². The third-order valence-corrected chi connectivity index (χ3v) is 5.43. The summed E-state index contributed by atoms with van der Waals surface area (Å²) in [5.74, 6) is -0.354. The van der Waals surface area contributed by atoms with Gasteiger partial charge in [0.1, 0.15) is 4.88 Å². The molecule has 0 radical (unpaired) electrons. The summed E-state index contributed by atoms with van der Waals surface area (Å²) in [5, 5.41) is 9.59. The molecule has 6 nitrogen and oxygen atoms in total. The summed E-state index contributed by atoms with van der Waals surface area (Å²) in [4.78, 5) is 31.5. The van der Waals surface area contributed by atoms with Crippen LogP contribution >= 0.6 is 11.3 Å². The van der Waals surface area contributed by atoms with Gasteiger partial charge in [-0.1, -0.05) is 24.2 Å². The van der Waals surface area contributed by atoms with E-state index < -0.39 is 5.97 Å². The molecule has 1 saturated heterocycles. The van der Waals surface area contributed by atoms with E-state index in [1.807, 2.05) is 4.90 Å². The number of aryl methyl sites for hydroxylation is 1. The maximum absolute atomic E-state index is 12.5. The highest BCUT2D eigenvalue weighted by Crippen LogP contribution is 2.31. The van der Waals surface area contributed by atoms with Crippen LogP contribution in [0.1, 0.15) is 41.0 Å². The van der Waals surface area contributed by atoms with Crippen LogP contribution in [0.4, 0.5) is 9.93 Å². The van der Waals surface area contributed by atoms with Crippen LogP contribution in [0.5, 0.6) is 0 Å². The van der Waals surface area contributed by atoms with Crippen molar-refractivity contribution in [2.45, 2.75) is 32.6 Å². The lowest BCUT2D eigenvalue weighted by Gasteiger charge is -2.20. The number of thiazole rings is 1. The molecule has 21 heavy (non-hydrogen) atoms. The number of aromatic nitrogens is 1. The molecule has 7 heteroatoms. The second-order valence-corrected chi connectivity index (χ2v) is 6.72. The van der Waals surface area contributed by atoms with E-state index in [0.717, 1.165) is 17.9 Å². The molecule has 0 unspecified atom stereocenters. The van der Waals surface area contributed by atoms with Gasteiger partial charge in [-0.2, -0.15) is 0 Å². The van der Waals surface area contributed by atoms with Crippen molar-refractivity contribution in [1.82, 2.24) is 9.88 Å². The fourth-order valence-electron chi connectivity index (χ4n) is 3.13. The number of aromatic carboxylic acids is 1. The van der Waals surface area contributed by atoms with E-state index in [-0.39, 0.29) is 10.9 Å². The van der Waals surface area contributed by atoms with Crippen molar-refractivity contribution >= 4 is 28.5 Å². The second kappa shape index (κ2) is 5.63. The Balaban J connectivity index is 1.71. The summed E-state index contributed by atoms with van der Waals surface area (Å²) in [7, 11) is 0. The van der Waals surface area contributed by atoms with Crippen LogP contribution in [0, 0.1) is 12.8 Å². The van der Waals surface area contributed by atoms with Gasteiger partial charge in [-0.3, -0.25) is 4.90 Å². The highest BCUT2D eigenvalue weighted by molar-refractivity contribution is 7.17. The van der Waals surface area contributed by atoms with Gasteiger partial charge < -0.3 is 10.0 Å². The number of carboxylic acid groups (broad SMARTS) is 1. The number of hydrogen-bond acceptors (Lipinski definition) is 4. The number of carboxylic acids is 1. The Hall–Kier alpha value is -1.63. The zero-order chi connectivity index (χ0) is 15.0. The summed E-state index contributed by atoms with van der Waals surface area (Å²) in [6, 6.07) is -0.0346. The first-order chi connectivity index (χ1) is 10.1. The smallest absolute Gasteiger partial charge is 0.347 e. The number of amides is 2. The zero-order valence-corrected chi connectivity index (χ0v) is 12.9. The second-order valence-electron chi connectivity index (χ2n) is 5.75. The van der Waals surface area contributed by atoms with Gasteiger partial charge in [0.25, 0.3) is 0 Å². The third kappa shape index (κ3) is 2.74. The maximum atomic E-state index is 12.5. The number of anilines is 1. The van der Waals surface area contributed by atoms with E-state index in [2.05, 4.69) is 4.98 Å². The van der Waals surface area contributed by atoms with Crippen LogP contribution in [-0.4, -0.2) is 46.6 Å². The van der Waals surface area contributed by atoms with Gasteiger partial charge in [-0.25, -0.2) is 14.6 Å². The molecule has 114 valence electrons. The SMILES string of the molecule is Cc1nc(N2CCN(CC3CCCC3)C2=O)sc1C(=O)O. The predicted octanol–water partition coefficient (Wildman–Crippen LogP) is 2.58. The van der Waals surface area contributed by atoms with Gasteiger partial charge >= 0.3 is 12.0 Å². The molecule has 2 heterocycles. The largest absolute Gasteiger partial charge is 0.477 e. The number of nitrogens with zero attached hydrogens (tertiary/aromatic N) is 3. The number of carbonyl (C=O) groups excluding carboxylic acids is 1. The zero-order valence-electron chi connectivity index (χ0n) is 12.0. The minimum Gasteiger partial charge on any atom is -0.477 e. The Morgan fingerprint density at radius 1 is 1.38 bits per heavy atom. The Bertz CT molecular complexity index is 566. The molecule has 1 aliphatic heterocycles. The van der Waals surface area contributed by atoms with Gasteiger partial charge in [-0.15, -0.1) is 0 Å². The van der Waals surface area contributed by atoms with Crippen LogP contribution < -0.4 is 4.90 Å². The van der Waals surface area contributed by atoms with Crippen molar-refractivity contribution in [3.05, 3.63) is 10.6 Å². The number of hydrogen-bond donors (Lipinski definition) is 1. The van der Waals surface area contributed by atoms with Crippen LogP contribution in [0.25, 0.3) is 0 Å². The summed E-state index contributed by atoms with van der Waals surface area (Å²) in [6.07, 6.45) is 4.96. The minimum absolute atomic E-state index is 0.0346. The molecule has 2 fully saturated rings. The van der Waals surface area contributed by atoms with Crippen molar-refractivity contribution in [3.63, 3.8) is 0 Å². The number of urea groups is 1. The highest BCUT2D eigenvalue weighted by atomic mass is 32.1. The quantitative estimate of drug-likeness (QED) is 0.927. The maximum Gasteiger partial charge on any atom is 0.347 e. The van der Waals surface area contributed by atoms with Crippen LogP contribution in [0.15, 0.2) is 0 Å². The number of carbonyl (C=O) groups is 2. The highest BCUT2D eigenvalue weighted by Gasteiger charge is 2.34. The van der Waals surface area contributed by atoms with Crippen molar-refractivity contribution in [2.75, 3.05) is 24.5 Å². The van der Waals surface area contributed by atoms with Crippen molar-refractivity contribution in [2.24, 2.45) is 5.92 Å². The first kappa shape index (κ1) is 14.3. The van der Waals surface area contributed by atoms with E-state index >= 15 is 0 Å². The fourth-order valence-corrected chi connectivity index (χ4v) is 4.06. The van der Waals surface area contributed by atoms with Crippen molar-refractivity contribution < 1.29 is 14.7 Å². The van der Waals surface area contributed by atoms with E-state index in [9.17, 15) is 9.59 Å². The van der Waals surface area contributed by atoms with E-state index in [0.29, 0.717) is 29.8 Å². The fraction of sp³-hybridized carbons (Fsp3) is 0.643. The Morgan fingerprint density at radius 2 is 2.10 bits per heavy atom. The van der Waals surface area contributed by atoms with Crippen LogP contribution in [0.2, 0.25) is 0 Å². The first-order valence-electron chi connectivity index (χ1n) is 7.33. The lowest BCUT2D eigenvalue weighted by Crippen LogP contribution is -2.34. The molecule has 0 spiro atoms. The molecule has 2 amide bonds. The Kier molecular flexibility index (Phi) is 3.84. The number of rotatable bonds is 4. The molecule has 1 aromatic rings. The van der Waals surface area contributed by atoms with Gasteiger partial charge in [0, 0.05) is 19.6 Å². The van der Waals surface area contributed by atoms with Crippen LogP contribution in [-0.2, 0) is 0 Å². The lowest BCUT2D eigenvalue weighted by atomic mass is 10.1. The predicted molar refractivity (Wildman–Crippen MR) is 80.1 cm³/mol. The first-order valence-corrected chi connectivity index (χ1v) is 8.15. The molecular formula is C14H19N3O3S. The topological polar surface area (TPSA) is 73.7 Å². The van der Waals surface area contributed by atoms with Gasteiger partial charge in [0.05, 0.1) is 5.69 Å². The summed E-state index contributed by atoms with van der Waals surface area (Å²) < 4.78 is 0. The normalized spacial score (nSPS) is 19.8. The Morgan fingerprint density at radius 3 is 2.71 bits per heavy atom. The average molecular weight is 309 g/mol. The molecule has 0 atom stereocenters. The summed E-state index contributed by atoms with van der Waals surface area (Å²) in [5.41, 5.74) is 0.476. The molecule has 1 N–H and O–H groups in total. The van der Waals surface area contributed by atoms with Gasteiger partial charge in [0.2, 0.25) is 0 Å². The lowest BCUT2D eigenvalue weighted by molar-refractivity contribution is 0.0701. The standard InChI is InChI=1S/C14H19N3O3S/c1-9-11(12(18)19)21-13(15-9)17-7-6-16(14(17)20)8-10-4-2-3-5-10/h10H,2-8H2,1H3,(H,18,19).